The predicted molar refractivity (Wildman–Crippen MR) is 102 cm³/mol. The second-order valence-electron chi connectivity index (χ2n) is 7.66. The molecule has 1 aliphatic heterocycles. The normalized spacial score (nSPS) is 16.3. The maximum atomic E-state index is 12.7. The lowest BCUT2D eigenvalue weighted by Gasteiger charge is -2.36. The highest BCUT2D eigenvalue weighted by atomic mass is 16.6. The van der Waals surface area contributed by atoms with Gasteiger partial charge in [0.25, 0.3) is 0 Å². The summed E-state index contributed by atoms with van der Waals surface area (Å²) in [6, 6.07) is 7.00. The van der Waals surface area contributed by atoms with E-state index < -0.39 is 17.7 Å². The smallest absolute Gasteiger partial charge is 0.411 e. The maximum Gasteiger partial charge on any atom is 0.411 e. The topological polar surface area (TPSA) is 87.7 Å². The summed E-state index contributed by atoms with van der Waals surface area (Å²) in [4.78, 5) is 38.6. The van der Waals surface area contributed by atoms with E-state index in [1.807, 2.05) is 31.2 Å². The average molecular weight is 375 g/mol. The zero-order valence-electron chi connectivity index (χ0n) is 16.5. The zero-order valence-corrected chi connectivity index (χ0v) is 16.5. The second kappa shape index (κ2) is 8.88. The van der Waals surface area contributed by atoms with Gasteiger partial charge in [-0.2, -0.15) is 0 Å². The van der Waals surface area contributed by atoms with Crippen LogP contribution in [0.5, 0.6) is 0 Å². The minimum atomic E-state index is -0.714. The Morgan fingerprint density at radius 1 is 1.15 bits per heavy atom. The van der Waals surface area contributed by atoms with Gasteiger partial charge in [-0.25, -0.2) is 4.79 Å². The molecule has 1 aromatic rings. The largest absolute Gasteiger partial charge is 0.444 e. The number of ether oxygens (including phenoxy) is 1. The first-order valence-electron chi connectivity index (χ1n) is 9.32. The Morgan fingerprint density at radius 3 is 2.44 bits per heavy atom. The molecule has 0 saturated heterocycles. The molecule has 2 rings (SSSR count). The fourth-order valence-corrected chi connectivity index (χ4v) is 2.88. The molecule has 0 aromatic heterocycles. The first-order valence-corrected chi connectivity index (χ1v) is 9.32. The number of amides is 3. The van der Waals surface area contributed by atoms with Crippen molar-refractivity contribution in [2.24, 2.45) is 0 Å². The van der Waals surface area contributed by atoms with Gasteiger partial charge in [0.05, 0.1) is 13.1 Å². The molecular formula is C20H29N3O4. The SMILES string of the molecule is CCCNC(=O)CNC(=O)C1Cc2ccccc2CN1C(=O)OC(C)(C)C. The highest BCUT2D eigenvalue weighted by Gasteiger charge is 2.36. The van der Waals surface area contributed by atoms with Crippen molar-refractivity contribution >= 4 is 17.9 Å². The number of rotatable bonds is 5. The molecule has 1 heterocycles. The molecule has 7 nitrogen and oxygen atoms in total. The van der Waals surface area contributed by atoms with E-state index in [4.69, 9.17) is 4.74 Å². The number of hydrogen-bond donors (Lipinski definition) is 2. The van der Waals surface area contributed by atoms with Crippen LogP contribution in [0, 0.1) is 0 Å². The highest BCUT2D eigenvalue weighted by Crippen LogP contribution is 2.25. The molecule has 148 valence electrons. The summed E-state index contributed by atoms with van der Waals surface area (Å²) in [5.41, 5.74) is 1.36. The number of fused-ring (bicyclic) bond motifs is 1. The Bertz CT molecular complexity index is 697. The lowest BCUT2D eigenvalue weighted by Crippen LogP contribution is -2.54. The van der Waals surface area contributed by atoms with Gasteiger partial charge >= 0.3 is 6.09 Å². The Kier molecular flexibility index (Phi) is 6.82. The van der Waals surface area contributed by atoms with E-state index in [1.54, 1.807) is 20.8 Å². The van der Waals surface area contributed by atoms with Crippen LogP contribution in [0.25, 0.3) is 0 Å². The molecule has 1 unspecified atom stereocenters. The molecule has 0 fully saturated rings. The van der Waals surface area contributed by atoms with Gasteiger partial charge in [-0.3, -0.25) is 14.5 Å². The lowest BCUT2D eigenvalue weighted by molar-refractivity contribution is -0.130. The van der Waals surface area contributed by atoms with E-state index in [2.05, 4.69) is 10.6 Å². The summed E-state index contributed by atoms with van der Waals surface area (Å²) in [7, 11) is 0. The van der Waals surface area contributed by atoms with E-state index in [0.29, 0.717) is 19.5 Å². The van der Waals surface area contributed by atoms with Crippen molar-refractivity contribution in [3.8, 4) is 0 Å². The van der Waals surface area contributed by atoms with Crippen LogP contribution in [0.1, 0.15) is 45.2 Å². The summed E-state index contributed by atoms with van der Waals surface area (Å²) in [6.45, 7) is 8.07. The summed E-state index contributed by atoms with van der Waals surface area (Å²) in [6.07, 6.45) is 0.677. The molecule has 2 N–H and O–H groups in total. The third-order valence-corrected chi connectivity index (χ3v) is 4.17. The molecule has 0 radical (unpaired) electrons. The number of carbonyl (C=O) groups is 3. The second-order valence-corrected chi connectivity index (χ2v) is 7.66. The number of nitrogens with one attached hydrogen (secondary N) is 2. The standard InChI is InChI=1S/C20H29N3O4/c1-5-10-21-17(24)12-22-18(25)16-11-14-8-6-7-9-15(14)13-23(16)19(26)27-20(2,3)4/h6-9,16H,5,10-13H2,1-4H3,(H,21,24)(H,22,25). The predicted octanol–water partition coefficient (Wildman–Crippen LogP) is 1.99. The monoisotopic (exact) mass is 375 g/mol. The Hall–Kier alpha value is -2.57. The van der Waals surface area contributed by atoms with Crippen LogP contribution in [-0.4, -0.2) is 47.5 Å². The van der Waals surface area contributed by atoms with Crippen LogP contribution >= 0.6 is 0 Å². The summed E-state index contributed by atoms with van der Waals surface area (Å²) >= 11 is 0. The number of benzene rings is 1. The minimum absolute atomic E-state index is 0.112. The van der Waals surface area contributed by atoms with Crippen molar-refractivity contribution in [2.75, 3.05) is 13.1 Å². The Balaban J connectivity index is 2.12. The van der Waals surface area contributed by atoms with Crippen molar-refractivity contribution in [3.63, 3.8) is 0 Å². The first kappa shape index (κ1) is 20.7. The maximum absolute atomic E-state index is 12.7. The molecule has 1 atom stereocenters. The van der Waals surface area contributed by atoms with E-state index in [0.717, 1.165) is 17.5 Å². The van der Waals surface area contributed by atoms with Gasteiger partial charge in [-0.15, -0.1) is 0 Å². The fourth-order valence-electron chi connectivity index (χ4n) is 2.88. The van der Waals surface area contributed by atoms with E-state index in [1.165, 1.54) is 4.90 Å². The molecule has 0 aliphatic carbocycles. The minimum Gasteiger partial charge on any atom is -0.444 e. The van der Waals surface area contributed by atoms with Gasteiger partial charge in [0.1, 0.15) is 11.6 Å². The van der Waals surface area contributed by atoms with Crippen LogP contribution in [0.2, 0.25) is 0 Å². The van der Waals surface area contributed by atoms with Crippen molar-refractivity contribution in [3.05, 3.63) is 35.4 Å². The quantitative estimate of drug-likeness (QED) is 0.824. The highest BCUT2D eigenvalue weighted by molar-refractivity contribution is 5.90. The molecule has 0 spiro atoms. The van der Waals surface area contributed by atoms with Gasteiger partial charge in [-0.1, -0.05) is 31.2 Å². The van der Waals surface area contributed by atoms with Gasteiger partial charge in [0, 0.05) is 13.0 Å². The zero-order chi connectivity index (χ0) is 20.0. The fraction of sp³-hybridized carbons (Fsp3) is 0.550. The van der Waals surface area contributed by atoms with E-state index >= 15 is 0 Å². The van der Waals surface area contributed by atoms with Crippen LogP contribution in [0.3, 0.4) is 0 Å². The van der Waals surface area contributed by atoms with Gasteiger partial charge in [-0.05, 0) is 38.3 Å². The van der Waals surface area contributed by atoms with E-state index in [-0.39, 0.29) is 18.4 Å². The molecule has 0 saturated carbocycles. The molecule has 0 bridgehead atoms. The van der Waals surface area contributed by atoms with Crippen molar-refractivity contribution in [1.29, 1.82) is 0 Å². The average Bonchev–Trinajstić information content (AvgIpc) is 2.61. The third kappa shape index (κ3) is 5.98. The number of hydrogen-bond acceptors (Lipinski definition) is 4. The van der Waals surface area contributed by atoms with Gasteiger partial charge < -0.3 is 15.4 Å². The summed E-state index contributed by atoms with van der Waals surface area (Å²) in [5.74, 6) is -0.604. The number of nitrogens with zero attached hydrogens (tertiary/aromatic N) is 1. The van der Waals surface area contributed by atoms with Crippen LogP contribution in [0.4, 0.5) is 4.79 Å². The van der Waals surface area contributed by atoms with E-state index in [9.17, 15) is 14.4 Å². The van der Waals surface area contributed by atoms with Gasteiger partial charge in [0.2, 0.25) is 11.8 Å². The first-order chi connectivity index (χ1) is 12.7. The van der Waals surface area contributed by atoms with Crippen molar-refractivity contribution in [2.45, 2.75) is 58.7 Å². The summed E-state index contributed by atoms with van der Waals surface area (Å²) < 4.78 is 5.48. The summed E-state index contributed by atoms with van der Waals surface area (Å²) in [5, 5.41) is 5.35. The molecule has 3 amide bonds. The molecular weight excluding hydrogens is 346 g/mol. The number of carbonyl (C=O) groups excluding carboxylic acids is 3. The van der Waals surface area contributed by atoms with Crippen LogP contribution in [-0.2, 0) is 27.3 Å². The Labute approximate surface area is 160 Å². The third-order valence-electron chi connectivity index (χ3n) is 4.17. The van der Waals surface area contributed by atoms with Crippen LogP contribution < -0.4 is 10.6 Å². The van der Waals surface area contributed by atoms with Crippen LogP contribution in [0.15, 0.2) is 24.3 Å². The molecule has 1 aromatic carbocycles. The lowest BCUT2D eigenvalue weighted by atomic mass is 9.94. The van der Waals surface area contributed by atoms with Gasteiger partial charge in [0.15, 0.2) is 0 Å². The van der Waals surface area contributed by atoms with Crippen molar-refractivity contribution in [1.82, 2.24) is 15.5 Å². The molecule has 27 heavy (non-hydrogen) atoms. The van der Waals surface area contributed by atoms with Crippen molar-refractivity contribution < 1.29 is 19.1 Å². The molecule has 7 heteroatoms. The Morgan fingerprint density at radius 2 is 1.81 bits per heavy atom. The molecule has 1 aliphatic rings.